The van der Waals surface area contributed by atoms with Crippen molar-refractivity contribution in [2.24, 2.45) is 0 Å². The third-order valence-corrected chi connectivity index (χ3v) is 3.18. The molecule has 0 aliphatic carbocycles. The Labute approximate surface area is 130 Å². The van der Waals surface area contributed by atoms with Crippen molar-refractivity contribution in [3.8, 4) is 0 Å². The minimum Gasteiger partial charge on any atom is -0.478 e. The molecule has 4 heteroatoms. The normalized spacial score (nSPS) is 9.55. The highest BCUT2D eigenvalue weighted by Gasteiger charge is 2.13. The van der Waals surface area contributed by atoms with E-state index in [0.29, 0.717) is 0 Å². The van der Waals surface area contributed by atoms with Gasteiger partial charge in [0.05, 0.1) is 11.1 Å². The molecule has 0 aliphatic heterocycles. The molecule has 0 heterocycles. The van der Waals surface area contributed by atoms with E-state index in [1.54, 1.807) is 0 Å². The third-order valence-electron chi connectivity index (χ3n) is 3.18. The van der Waals surface area contributed by atoms with Gasteiger partial charge in [0.2, 0.25) is 0 Å². The Bertz CT molecular complexity index is 601. The van der Waals surface area contributed by atoms with Crippen LogP contribution >= 0.6 is 0 Å². The van der Waals surface area contributed by atoms with Crippen LogP contribution in [-0.2, 0) is 6.42 Å². The Morgan fingerprint density at radius 2 is 1.36 bits per heavy atom. The fourth-order valence-corrected chi connectivity index (χ4v) is 2.03. The summed E-state index contributed by atoms with van der Waals surface area (Å²) in [5, 5.41) is 17.4. The molecule has 0 aliphatic rings. The van der Waals surface area contributed by atoms with Crippen LogP contribution in [0.1, 0.15) is 45.2 Å². The van der Waals surface area contributed by atoms with Crippen LogP contribution in [0.25, 0.3) is 0 Å². The Morgan fingerprint density at radius 1 is 0.864 bits per heavy atom. The van der Waals surface area contributed by atoms with E-state index in [1.807, 2.05) is 0 Å². The summed E-state index contributed by atoms with van der Waals surface area (Å²) in [6, 6.07) is 14.7. The molecule has 0 saturated carbocycles. The molecule has 2 aromatic carbocycles. The predicted octanol–water partition coefficient (Wildman–Crippen LogP) is 4.03. The minimum absolute atomic E-state index is 0.0277. The van der Waals surface area contributed by atoms with Gasteiger partial charge in [0.25, 0.3) is 0 Å². The second kappa shape index (κ2) is 8.62. The number of hydrogen-bond donors (Lipinski definition) is 2. The van der Waals surface area contributed by atoms with Crippen LogP contribution in [0.3, 0.4) is 0 Å². The molecule has 0 aromatic heterocycles. The Hall–Kier alpha value is -2.62. The van der Waals surface area contributed by atoms with Gasteiger partial charge in [-0.15, -0.1) is 0 Å². The average Bonchev–Trinajstić information content (AvgIpc) is 2.49. The summed E-state index contributed by atoms with van der Waals surface area (Å²) in [6.45, 7) is 3.68. The average molecular weight is 300 g/mol. The lowest BCUT2D eigenvalue weighted by Crippen LogP contribution is -2.06. The molecule has 0 bridgehead atoms. The van der Waals surface area contributed by atoms with Gasteiger partial charge in [0, 0.05) is 0 Å². The second-order valence-electron chi connectivity index (χ2n) is 4.82. The molecular formula is C18H20O4. The lowest BCUT2D eigenvalue weighted by Gasteiger charge is -2.03. The molecule has 22 heavy (non-hydrogen) atoms. The van der Waals surface area contributed by atoms with Crippen LogP contribution in [-0.4, -0.2) is 22.2 Å². The predicted molar refractivity (Wildman–Crippen MR) is 85.5 cm³/mol. The van der Waals surface area contributed by atoms with Gasteiger partial charge in [0.15, 0.2) is 0 Å². The maximum atomic E-state index is 10.6. The van der Waals surface area contributed by atoms with Gasteiger partial charge in [-0.05, 0) is 36.6 Å². The fourth-order valence-electron chi connectivity index (χ4n) is 2.03. The van der Waals surface area contributed by atoms with Crippen molar-refractivity contribution in [3.63, 3.8) is 0 Å². The fraction of sp³-hybridized carbons (Fsp3) is 0.222. The number of aryl methyl sites for hydroxylation is 1. The first-order chi connectivity index (χ1) is 10.5. The van der Waals surface area contributed by atoms with Crippen molar-refractivity contribution >= 4 is 11.9 Å². The van der Waals surface area contributed by atoms with E-state index in [-0.39, 0.29) is 16.7 Å². The van der Waals surface area contributed by atoms with Crippen molar-refractivity contribution in [2.75, 3.05) is 0 Å². The Balaban J connectivity index is 0.000000235. The highest BCUT2D eigenvalue weighted by Crippen LogP contribution is 2.13. The molecule has 0 atom stereocenters. The Kier molecular flexibility index (Phi) is 6.83. The van der Waals surface area contributed by atoms with Crippen molar-refractivity contribution in [1.82, 2.24) is 0 Å². The molecule has 0 spiro atoms. The summed E-state index contributed by atoms with van der Waals surface area (Å²) in [4.78, 5) is 21.2. The maximum Gasteiger partial charge on any atom is 0.335 e. The van der Waals surface area contributed by atoms with Crippen LogP contribution in [0.5, 0.6) is 0 Å². The van der Waals surface area contributed by atoms with E-state index >= 15 is 0 Å². The van der Waals surface area contributed by atoms with Crippen LogP contribution < -0.4 is 0 Å². The maximum absolute atomic E-state index is 10.6. The Morgan fingerprint density at radius 3 is 1.77 bits per heavy atom. The van der Waals surface area contributed by atoms with Crippen molar-refractivity contribution in [2.45, 2.75) is 26.7 Å². The summed E-state index contributed by atoms with van der Waals surface area (Å²) in [6.07, 6.45) is 2.45. The zero-order chi connectivity index (χ0) is 16.5. The minimum atomic E-state index is -1.11. The van der Waals surface area contributed by atoms with Gasteiger partial charge in [-0.2, -0.15) is 0 Å². The monoisotopic (exact) mass is 300 g/mol. The number of hydrogen-bond acceptors (Lipinski definition) is 2. The zero-order valence-electron chi connectivity index (χ0n) is 12.7. The molecule has 0 saturated heterocycles. The van der Waals surface area contributed by atoms with Crippen molar-refractivity contribution in [3.05, 3.63) is 70.8 Å². The largest absolute Gasteiger partial charge is 0.478 e. The van der Waals surface area contributed by atoms with Gasteiger partial charge < -0.3 is 10.2 Å². The quantitative estimate of drug-likeness (QED) is 0.894. The molecule has 4 nitrogen and oxygen atoms in total. The second-order valence-corrected chi connectivity index (χ2v) is 4.82. The standard InChI is InChI=1S/C9H8O4.C9H12/c1-5-6(8(10)11)3-2-4-7(5)9(12)13;1-2-6-9-7-4-3-5-8-9/h2-4H,1H3,(H,10,11)(H,12,13);3-5,7-8H,2,6H2,1H3. The number of carbonyl (C=O) groups is 2. The molecule has 116 valence electrons. The first-order valence-electron chi connectivity index (χ1n) is 7.07. The number of rotatable bonds is 4. The van der Waals surface area contributed by atoms with Gasteiger partial charge in [-0.25, -0.2) is 9.59 Å². The van der Waals surface area contributed by atoms with E-state index in [9.17, 15) is 9.59 Å². The number of aromatic carboxylic acids is 2. The molecule has 0 radical (unpaired) electrons. The first-order valence-corrected chi connectivity index (χ1v) is 7.07. The molecule has 2 N–H and O–H groups in total. The van der Waals surface area contributed by atoms with Crippen LogP contribution in [0, 0.1) is 6.92 Å². The lowest BCUT2D eigenvalue weighted by atomic mass is 10.0. The number of benzene rings is 2. The van der Waals surface area contributed by atoms with E-state index in [0.717, 1.165) is 0 Å². The summed E-state index contributed by atoms with van der Waals surface area (Å²) >= 11 is 0. The molecule has 0 fully saturated rings. The third kappa shape index (κ3) is 5.05. The highest BCUT2D eigenvalue weighted by atomic mass is 16.4. The van der Waals surface area contributed by atoms with E-state index in [1.165, 1.54) is 43.5 Å². The zero-order valence-corrected chi connectivity index (χ0v) is 12.7. The van der Waals surface area contributed by atoms with Crippen LogP contribution in [0.2, 0.25) is 0 Å². The molecule has 0 unspecified atom stereocenters. The smallest absolute Gasteiger partial charge is 0.335 e. The van der Waals surface area contributed by atoms with Gasteiger partial charge in [-0.1, -0.05) is 49.7 Å². The van der Waals surface area contributed by atoms with E-state index < -0.39 is 11.9 Å². The molecule has 0 amide bonds. The van der Waals surface area contributed by atoms with E-state index in [2.05, 4.69) is 37.3 Å². The molecular weight excluding hydrogens is 280 g/mol. The summed E-state index contributed by atoms with van der Waals surface area (Å²) < 4.78 is 0. The summed E-state index contributed by atoms with van der Waals surface area (Å²) in [5.74, 6) is -2.22. The highest BCUT2D eigenvalue weighted by molar-refractivity contribution is 5.96. The molecule has 2 rings (SSSR count). The number of carboxylic acid groups (broad SMARTS) is 2. The SMILES string of the molecule is CCCc1ccccc1.Cc1c(C(=O)O)cccc1C(=O)O. The van der Waals surface area contributed by atoms with Crippen LogP contribution in [0.15, 0.2) is 48.5 Å². The number of carboxylic acids is 2. The summed E-state index contributed by atoms with van der Waals surface area (Å²) in [5.41, 5.74) is 1.78. The van der Waals surface area contributed by atoms with Crippen molar-refractivity contribution < 1.29 is 19.8 Å². The van der Waals surface area contributed by atoms with Crippen LogP contribution in [0.4, 0.5) is 0 Å². The topological polar surface area (TPSA) is 74.6 Å². The molecule has 2 aromatic rings. The van der Waals surface area contributed by atoms with Crippen molar-refractivity contribution in [1.29, 1.82) is 0 Å². The summed E-state index contributed by atoms with van der Waals surface area (Å²) in [7, 11) is 0. The lowest BCUT2D eigenvalue weighted by molar-refractivity contribution is 0.0696. The van der Waals surface area contributed by atoms with Gasteiger partial charge >= 0.3 is 11.9 Å². The van der Waals surface area contributed by atoms with Gasteiger partial charge in [0.1, 0.15) is 0 Å². The van der Waals surface area contributed by atoms with Gasteiger partial charge in [-0.3, -0.25) is 0 Å². The van der Waals surface area contributed by atoms with E-state index in [4.69, 9.17) is 10.2 Å². The first kappa shape index (κ1) is 17.4.